The quantitative estimate of drug-likeness (QED) is 0.621. The molecule has 0 spiro atoms. The number of benzene rings is 2. The summed E-state index contributed by atoms with van der Waals surface area (Å²) in [4.78, 5) is 22.5. The van der Waals surface area contributed by atoms with Crippen LogP contribution in [0.2, 0.25) is 10.0 Å². The molecule has 4 rings (SSSR count). The minimum absolute atomic E-state index is 0.00271. The lowest BCUT2D eigenvalue weighted by Gasteiger charge is -2.35. The number of piperazine rings is 1. The average molecular weight is 497 g/mol. The van der Waals surface area contributed by atoms with Gasteiger partial charge >= 0.3 is 0 Å². The van der Waals surface area contributed by atoms with Crippen LogP contribution in [0.5, 0.6) is 0 Å². The van der Waals surface area contributed by atoms with Gasteiger partial charge in [0.1, 0.15) is 0 Å². The Balaban J connectivity index is 1.29. The number of hydrogen-bond donors (Lipinski definition) is 0. The van der Waals surface area contributed by atoms with E-state index >= 15 is 0 Å². The third-order valence-corrected chi connectivity index (χ3v) is 6.28. The first kappa shape index (κ1) is 20.7. The van der Waals surface area contributed by atoms with Crippen molar-refractivity contribution in [3.8, 4) is 0 Å². The molecule has 1 saturated heterocycles. The van der Waals surface area contributed by atoms with E-state index in [4.69, 9.17) is 28.0 Å². The lowest BCUT2D eigenvalue weighted by Crippen LogP contribution is -2.51. The molecule has 2 aliphatic heterocycles. The number of oxime groups is 1. The summed E-state index contributed by atoms with van der Waals surface area (Å²) >= 11 is 15.7. The molecule has 0 radical (unpaired) electrons. The van der Waals surface area contributed by atoms with Crippen molar-refractivity contribution in [2.45, 2.75) is 19.1 Å². The first-order chi connectivity index (χ1) is 14.0. The Hall–Kier alpha value is -1.60. The monoisotopic (exact) mass is 495 g/mol. The molecule has 1 atom stereocenters. The maximum atomic E-state index is 12.9. The fraction of sp³-hybridized carbons (Fsp3) is 0.333. The van der Waals surface area contributed by atoms with Gasteiger partial charge in [-0.1, -0.05) is 62.5 Å². The largest absolute Gasteiger partial charge is 0.382 e. The van der Waals surface area contributed by atoms with Crippen molar-refractivity contribution in [2.75, 3.05) is 26.2 Å². The molecule has 5 nitrogen and oxygen atoms in total. The van der Waals surface area contributed by atoms with Crippen molar-refractivity contribution in [2.24, 2.45) is 5.16 Å². The average Bonchev–Trinajstić information content (AvgIpc) is 3.20. The Morgan fingerprint density at radius 3 is 2.66 bits per heavy atom. The molecule has 1 fully saturated rings. The van der Waals surface area contributed by atoms with Crippen LogP contribution < -0.4 is 0 Å². The lowest BCUT2D eigenvalue weighted by atomic mass is 10.0. The van der Waals surface area contributed by atoms with Crippen LogP contribution in [0, 0.1) is 0 Å². The molecule has 1 unspecified atom stereocenters. The third-order valence-electron chi connectivity index (χ3n) is 5.20. The summed E-state index contributed by atoms with van der Waals surface area (Å²) in [5.74, 6) is 0.00271. The number of hydrogen-bond acceptors (Lipinski definition) is 4. The first-order valence-electron chi connectivity index (χ1n) is 9.43. The highest BCUT2D eigenvalue weighted by molar-refractivity contribution is 9.10. The van der Waals surface area contributed by atoms with E-state index in [0.29, 0.717) is 29.6 Å². The fourth-order valence-electron chi connectivity index (χ4n) is 3.57. The van der Waals surface area contributed by atoms with Gasteiger partial charge in [-0.15, -0.1) is 0 Å². The normalized spacial score (nSPS) is 19.8. The highest BCUT2D eigenvalue weighted by Crippen LogP contribution is 2.24. The smallest absolute Gasteiger partial charge is 0.266 e. The highest BCUT2D eigenvalue weighted by atomic mass is 79.9. The summed E-state index contributed by atoms with van der Waals surface area (Å²) in [6.07, 6.45) is -0.0446. The van der Waals surface area contributed by atoms with Crippen molar-refractivity contribution >= 4 is 50.8 Å². The summed E-state index contributed by atoms with van der Waals surface area (Å²) in [7, 11) is 0. The number of halogens is 3. The summed E-state index contributed by atoms with van der Waals surface area (Å²) in [5, 5.41) is 5.45. The van der Waals surface area contributed by atoms with Crippen molar-refractivity contribution in [1.82, 2.24) is 9.80 Å². The molecular formula is C21H20BrCl2N3O2. The van der Waals surface area contributed by atoms with E-state index in [2.05, 4.69) is 26.0 Å². The van der Waals surface area contributed by atoms with Crippen LogP contribution in [0.1, 0.15) is 17.5 Å². The molecule has 0 aromatic heterocycles. The van der Waals surface area contributed by atoms with Gasteiger partial charge in [0, 0.05) is 59.2 Å². The van der Waals surface area contributed by atoms with Crippen LogP contribution in [0.3, 0.4) is 0 Å². The predicted molar refractivity (Wildman–Crippen MR) is 118 cm³/mol. The molecule has 0 saturated carbocycles. The zero-order valence-corrected chi connectivity index (χ0v) is 18.8. The van der Waals surface area contributed by atoms with Gasteiger partial charge < -0.3 is 9.74 Å². The van der Waals surface area contributed by atoms with Gasteiger partial charge in [0.25, 0.3) is 5.91 Å². The maximum absolute atomic E-state index is 12.9. The summed E-state index contributed by atoms with van der Waals surface area (Å²) in [5.41, 5.74) is 2.82. The van der Waals surface area contributed by atoms with Crippen molar-refractivity contribution in [1.29, 1.82) is 0 Å². The summed E-state index contributed by atoms with van der Waals surface area (Å²) < 4.78 is 0.976. The van der Waals surface area contributed by atoms with Crippen molar-refractivity contribution in [3.63, 3.8) is 0 Å². The minimum Gasteiger partial charge on any atom is -0.382 e. The predicted octanol–water partition coefficient (Wildman–Crippen LogP) is 4.59. The van der Waals surface area contributed by atoms with E-state index in [9.17, 15) is 4.79 Å². The second kappa shape index (κ2) is 9.04. The molecule has 2 aromatic rings. The van der Waals surface area contributed by atoms with E-state index < -0.39 is 6.10 Å². The number of carbonyl (C=O) groups is 1. The standard InChI is InChI=1S/C21H20BrCl2N3O2/c22-16-3-1-2-14(10-16)19-12-20(29-25-19)21(28)27-8-6-26(7-9-27)13-15-4-5-17(23)11-18(15)24/h1-5,10-11,20H,6-9,12-13H2. The van der Waals surface area contributed by atoms with Crippen LogP contribution in [0.25, 0.3) is 0 Å². The molecule has 29 heavy (non-hydrogen) atoms. The van der Waals surface area contributed by atoms with Gasteiger partial charge in [0.05, 0.1) is 5.71 Å². The van der Waals surface area contributed by atoms with Crippen LogP contribution in [-0.2, 0) is 16.2 Å². The third kappa shape index (κ3) is 4.94. The van der Waals surface area contributed by atoms with E-state index in [1.807, 2.05) is 41.3 Å². The van der Waals surface area contributed by atoms with E-state index in [0.717, 1.165) is 40.9 Å². The van der Waals surface area contributed by atoms with Gasteiger partial charge in [-0.3, -0.25) is 9.69 Å². The Morgan fingerprint density at radius 1 is 1.14 bits per heavy atom. The zero-order valence-electron chi connectivity index (χ0n) is 15.7. The van der Waals surface area contributed by atoms with Gasteiger partial charge in [0.2, 0.25) is 6.10 Å². The lowest BCUT2D eigenvalue weighted by molar-refractivity contribution is -0.143. The van der Waals surface area contributed by atoms with Crippen molar-refractivity contribution in [3.05, 3.63) is 68.1 Å². The fourth-order valence-corrected chi connectivity index (χ4v) is 4.44. The summed E-state index contributed by atoms with van der Waals surface area (Å²) in [6, 6.07) is 13.4. The van der Waals surface area contributed by atoms with Gasteiger partial charge in [-0.2, -0.15) is 0 Å². The second-order valence-corrected chi connectivity index (χ2v) is 8.94. The Kier molecular flexibility index (Phi) is 6.44. The molecule has 1 amide bonds. The first-order valence-corrected chi connectivity index (χ1v) is 11.0. The van der Waals surface area contributed by atoms with Crippen molar-refractivity contribution < 1.29 is 9.63 Å². The SMILES string of the molecule is O=C(C1CC(c2cccc(Br)c2)=NO1)N1CCN(Cc2ccc(Cl)cc2Cl)CC1. The summed E-state index contributed by atoms with van der Waals surface area (Å²) in [6.45, 7) is 3.65. The van der Waals surface area contributed by atoms with Crippen LogP contribution in [0.4, 0.5) is 0 Å². The highest BCUT2D eigenvalue weighted by Gasteiger charge is 2.33. The molecule has 152 valence electrons. The van der Waals surface area contributed by atoms with E-state index in [-0.39, 0.29) is 5.91 Å². The second-order valence-electron chi connectivity index (χ2n) is 7.18. The van der Waals surface area contributed by atoms with Crippen LogP contribution in [0.15, 0.2) is 52.1 Å². The number of amides is 1. The zero-order chi connectivity index (χ0) is 20.4. The minimum atomic E-state index is -0.541. The molecule has 0 N–H and O–H groups in total. The number of carbonyl (C=O) groups excluding carboxylic acids is 1. The molecule has 2 aromatic carbocycles. The molecule has 8 heteroatoms. The number of rotatable bonds is 4. The number of nitrogens with zero attached hydrogens (tertiary/aromatic N) is 3. The van der Waals surface area contributed by atoms with E-state index in [1.165, 1.54) is 0 Å². The molecule has 2 aliphatic rings. The Morgan fingerprint density at radius 2 is 1.93 bits per heavy atom. The molecular weight excluding hydrogens is 477 g/mol. The van der Waals surface area contributed by atoms with Crippen LogP contribution in [-0.4, -0.2) is 53.7 Å². The maximum Gasteiger partial charge on any atom is 0.266 e. The van der Waals surface area contributed by atoms with Crippen LogP contribution >= 0.6 is 39.1 Å². The Bertz CT molecular complexity index is 945. The molecule has 0 bridgehead atoms. The van der Waals surface area contributed by atoms with E-state index in [1.54, 1.807) is 6.07 Å². The topological polar surface area (TPSA) is 45.1 Å². The molecule has 2 heterocycles. The van der Waals surface area contributed by atoms with Gasteiger partial charge in [0.15, 0.2) is 0 Å². The Labute approximate surface area is 188 Å². The van der Waals surface area contributed by atoms with Gasteiger partial charge in [-0.25, -0.2) is 0 Å². The molecule has 0 aliphatic carbocycles. The van der Waals surface area contributed by atoms with Gasteiger partial charge in [-0.05, 0) is 29.8 Å².